The number of hydrogen-bond donors (Lipinski definition) is 1. The molecule has 1 saturated heterocycles. The minimum Gasteiger partial charge on any atom is -0.492 e. The predicted molar refractivity (Wildman–Crippen MR) is 65.7 cm³/mol. The van der Waals surface area contributed by atoms with E-state index in [9.17, 15) is 0 Å². The van der Waals surface area contributed by atoms with Gasteiger partial charge >= 0.3 is 0 Å². The maximum atomic E-state index is 5.68. The largest absolute Gasteiger partial charge is 0.492 e. The van der Waals surface area contributed by atoms with Crippen LogP contribution < -0.4 is 10.1 Å². The van der Waals surface area contributed by atoms with Gasteiger partial charge in [-0.3, -0.25) is 0 Å². The van der Waals surface area contributed by atoms with Crippen molar-refractivity contribution in [3.63, 3.8) is 0 Å². The van der Waals surface area contributed by atoms with E-state index < -0.39 is 0 Å². The lowest BCUT2D eigenvalue weighted by atomic mass is 10.2. The van der Waals surface area contributed by atoms with Gasteiger partial charge in [0.15, 0.2) is 0 Å². The molecule has 1 atom stereocenters. The van der Waals surface area contributed by atoms with E-state index in [0.29, 0.717) is 6.04 Å². The molecule has 1 N–H and O–H groups in total. The van der Waals surface area contributed by atoms with Crippen LogP contribution in [0.3, 0.4) is 0 Å². The number of nitrogens with one attached hydrogen (secondary N) is 1. The number of rotatable bonds is 3. The van der Waals surface area contributed by atoms with Crippen molar-refractivity contribution in [1.82, 2.24) is 5.32 Å². The quantitative estimate of drug-likeness (QED) is 0.866. The van der Waals surface area contributed by atoms with Crippen LogP contribution >= 0.6 is 22.6 Å². The predicted octanol–water partition coefficient (Wildman–Crippen LogP) is 2.42. The molecule has 0 saturated carbocycles. The van der Waals surface area contributed by atoms with Gasteiger partial charge in [0.2, 0.25) is 0 Å². The molecule has 0 bridgehead atoms. The highest BCUT2D eigenvalue weighted by atomic mass is 127. The second kappa shape index (κ2) is 4.98. The minimum atomic E-state index is 0.550. The van der Waals surface area contributed by atoms with E-state index in [1.165, 1.54) is 16.4 Å². The Morgan fingerprint density at radius 1 is 1.36 bits per heavy atom. The molecular weight excluding hydrogens is 289 g/mol. The third kappa shape index (κ3) is 2.85. The van der Waals surface area contributed by atoms with Crippen LogP contribution in [0.25, 0.3) is 0 Å². The van der Waals surface area contributed by atoms with E-state index in [1.807, 2.05) is 12.1 Å². The SMILES string of the molecule is Ic1ccc(OC[C@H]2CCCN2)cc1. The summed E-state index contributed by atoms with van der Waals surface area (Å²) in [5, 5.41) is 3.41. The summed E-state index contributed by atoms with van der Waals surface area (Å²) >= 11 is 2.30. The summed E-state index contributed by atoms with van der Waals surface area (Å²) in [6, 6.07) is 8.73. The van der Waals surface area contributed by atoms with Gasteiger partial charge in [0, 0.05) is 9.61 Å². The van der Waals surface area contributed by atoms with Crippen LogP contribution in [0.5, 0.6) is 5.75 Å². The van der Waals surface area contributed by atoms with Crippen molar-refractivity contribution >= 4 is 22.6 Å². The molecule has 0 aliphatic carbocycles. The Kier molecular flexibility index (Phi) is 3.64. The van der Waals surface area contributed by atoms with Crippen LogP contribution in [0.2, 0.25) is 0 Å². The summed E-state index contributed by atoms with van der Waals surface area (Å²) in [7, 11) is 0. The van der Waals surface area contributed by atoms with Gasteiger partial charge in [0.25, 0.3) is 0 Å². The first kappa shape index (κ1) is 10.2. The van der Waals surface area contributed by atoms with Gasteiger partial charge in [0.05, 0.1) is 0 Å². The maximum absolute atomic E-state index is 5.68. The van der Waals surface area contributed by atoms with Gasteiger partial charge in [0.1, 0.15) is 12.4 Å². The fraction of sp³-hybridized carbons (Fsp3) is 0.455. The highest BCUT2D eigenvalue weighted by Crippen LogP contribution is 2.14. The first-order chi connectivity index (χ1) is 6.84. The normalized spacial score (nSPS) is 21.1. The van der Waals surface area contributed by atoms with Crippen LogP contribution in [0.4, 0.5) is 0 Å². The third-order valence-electron chi connectivity index (χ3n) is 2.43. The molecule has 0 unspecified atom stereocenters. The van der Waals surface area contributed by atoms with Crippen molar-refractivity contribution in [2.24, 2.45) is 0 Å². The number of hydrogen-bond acceptors (Lipinski definition) is 2. The lowest BCUT2D eigenvalue weighted by Gasteiger charge is -2.11. The van der Waals surface area contributed by atoms with Gasteiger partial charge in [-0.1, -0.05) is 0 Å². The first-order valence-electron chi connectivity index (χ1n) is 4.96. The van der Waals surface area contributed by atoms with Crippen LogP contribution in [0.15, 0.2) is 24.3 Å². The molecule has 3 heteroatoms. The smallest absolute Gasteiger partial charge is 0.119 e. The number of ether oxygens (including phenoxy) is 1. The van der Waals surface area contributed by atoms with E-state index in [1.54, 1.807) is 0 Å². The highest BCUT2D eigenvalue weighted by molar-refractivity contribution is 14.1. The molecule has 1 aliphatic rings. The fourth-order valence-electron chi connectivity index (χ4n) is 1.63. The zero-order valence-electron chi connectivity index (χ0n) is 8.00. The first-order valence-corrected chi connectivity index (χ1v) is 6.04. The van der Waals surface area contributed by atoms with Gasteiger partial charge in [-0.25, -0.2) is 0 Å². The molecule has 76 valence electrons. The van der Waals surface area contributed by atoms with Crippen molar-refractivity contribution in [2.75, 3.05) is 13.2 Å². The average Bonchev–Trinajstić information content (AvgIpc) is 2.70. The molecule has 0 aromatic heterocycles. The Morgan fingerprint density at radius 3 is 2.79 bits per heavy atom. The molecule has 0 radical (unpaired) electrons. The van der Waals surface area contributed by atoms with E-state index in [2.05, 4.69) is 40.0 Å². The molecule has 1 aliphatic heterocycles. The molecule has 2 rings (SSSR count). The second-order valence-corrected chi connectivity index (χ2v) is 4.80. The zero-order valence-corrected chi connectivity index (χ0v) is 10.2. The van der Waals surface area contributed by atoms with Crippen molar-refractivity contribution in [1.29, 1.82) is 0 Å². The van der Waals surface area contributed by atoms with Crippen molar-refractivity contribution in [3.05, 3.63) is 27.8 Å². The van der Waals surface area contributed by atoms with Crippen LogP contribution in [-0.2, 0) is 0 Å². The lowest BCUT2D eigenvalue weighted by Crippen LogP contribution is -2.28. The Hall–Kier alpha value is -0.290. The topological polar surface area (TPSA) is 21.3 Å². The molecule has 0 amide bonds. The Bertz CT molecular complexity index is 280. The second-order valence-electron chi connectivity index (χ2n) is 3.56. The summed E-state index contributed by atoms with van der Waals surface area (Å²) in [4.78, 5) is 0. The molecule has 1 aromatic carbocycles. The van der Waals surface area contributed by atoms with Gasteiger partial charge in [-0.05, 0) is 66.2 Å². The molecule has 2 nitrogen and oxygen atoms in total. The summed E-state index contributed by atoms with van der Waals surface area (Å²) in [6.45, 7) is 1.93. The lowest BCUT2D eigenvalue weighted by molar-refractivity contribution is 0.277. The summed E-state index contributed by atoms with van der Waals surface area (Å²) in [6.07, 6.45) is 2.52. The number of benzene rings is 1. The van der Waals surface area contributed by atoms with Crippen molar-refractivity contribution in [3.8, 4) is 5.75 Å². The van der Waals surface area contributed by atoms with E-state index in [-0.39, 0.29) is 0 Å². The molecule has 14 heavy (non-hydrogen) atoms. The minimum absolute atomic E-state index is 0.550. The van der Waals surface area contributed by atoms with Crippen molar-refractivity contribution < 1.29 is 4.74 Å². The van der Waals surface area contributed by atoms with Crippen LogP contribution in [0.1, 0.15) is 12.8 Å². The highest BCUT2D eigenvalue weighted by Gasteiger charge is 2.13. The van der Waals surface area contributed by atoms with Gasteiger partial charge in [-0.15, -0.1) is 0 Å². The average molecular weight is 303 g/mol. The van der Waals surface area contributed by atoms with Crippen molar-refractivity contribution in [2.45, 2.75) is 18.9 Å². The van der Waals surface area contributed by atoms with E-state index in [0.717, 1.165) is 18.9 Å². The van der Waals surface area contributed by atoms with E-state index >= 15 is 0 Å². The standard InChI is InChI=1S/C11H14INO/c12-9-3-5-11(6-4-9)14-8-10-2-1-7-13-10/h3-6,10,13H,1-2,7-8H2/t10-/m1/s1. The Labute approximate surface area is 98.2 Å². The summed E-state index contributed by atoms with van der Waals surface area (Å²) in [5.41, 5.74) is 0. The molecule has 1 aromatic rings. The third-order valence-corrected chi connectivity index (χ3v) is 3.15. The van der Waals surface area contributed by atoms with Gasteiger partial charge < -0.3 is 10.1 Å². The van der Waals surface area contributed by atoms with Gasteiger partial charge in [-0.2, -0.15) is 0 Å². The molecular formula is C11H14INO. The monoisotopic (exact) mass is 303 g/mol. The van der Waals surface area contributed by atoms with Crippen LogP contribution in [0, 0.1) is 3.57 Å². The van der Waals surface area contributed by atoms with E-state index in [4.69, 9.17) is 4.74 Å². The Balaban J connectivity index is 1.82. The summed E-state index contributed by atoms with van der Waals surface area (Å²) in [5.74, 6) is 0.971. The maximum Gasteiger partial charge on any atom is 0.119 e. The molecule has 1 heterocycles. The summed E-state index contributed by atoms with van der Waals surface area (Å²) < 4.78 is 6.92. The molecule has 0 spiro atoms. The fourth-order valence-corrected chi connectivity index (χ4v) is 1.99. The Morgan fingerprint density at radius 2 is 2.14 bits per heavy atom. The number of halogens is 1. The van der Waals surface area contributed by atoms with Crippen LogP contribution in [-0.4, -0.2) is 19.2 Å². The molecule has 1 fully saturated rings. The zero-order chi connectivity index (χ0) is 9.80.